The van der Waals surface area contributed by atoms with Crippen LogP contribution in [0.1, 0.15) is 19.8 Å². The van der Waals surface area contributed by atoms with Gasteiger partial charge in [-0.2, -0.15) is 0 Å². The van der Waals surface area contributed by atoms with Gasteiger partial charge in [-0.25, -0.2) is 4.79 Å². The van der Waals surface area contributed by atoms with E-state index in [1.165, 1.54) is 6.92 Å². The van der Waals surface area contributed by atoms with Crippen molar-refractivity contribution >= 4 is 17.8 Å². The molecule has 6 nitrogen and oxygen atoms in total. The summed E-state index contributed by atoms with van der Waals surface area (Å²) in [6.07, 6.45) is -0.0402. The van der Waals surface area contributed by atoms with Crippen LogP contribution in [0.2, 0.25) is 0 Å². The zero-order valence-electron chi connectivity index (χ0n) is 7.95. The van der Waals surface area contributed by atoms with Gasteiger partial charge in [-0.1, -0.05) is 0 Å². The monoisotopic (exact) mass is 252 g/mol. The molecule has 1 unspecified atom stereocenters. The zero-order valence-corrected chi connectivity index (χ0v) is 10.9. The van der Waals surface area contributed by atoms with Crippen molar-refractivity contribution in [2.24, 2.45) is 5.73 Å². The van der Waals surface area contributed by atoms with E-state index in [0.717, 1.165) is 0 Å². The maximum absolute atomic E-state index is 10.5. The number of nitrogens with two attached hydrogens (primary N) is 1. The minimum atomic E-state index is -1.17. The fraction of sp³-hybridized carbons (Fsp3) is 0.571. The molecule has 0 fully saturated rings. The van der Waals surface area contributed by atoms with E-state index in [4.69, 9.17) is 10.8 Å². The average molecular weight is 254 g/mol. The molecule has 0 saturated heterocycles. The molecule has 0 rings (SSSR count). The smallest absolute Gasteiger partial charge is 0.326 e. The first-order valence-corrected chi connectivity index (χ1v) is 3.71. The summed E-state index contributed by atoms with van der Waals surface area (Å²) < 4.78 is 0. The number of aliphatic carboxylic acids is 1. The predicted octanol–water partition coefficient (Wildman–Crippen LogP) is -1.16. The van der Waals surface area contributed by atoms with Crippen molar-refractivity contribution in [2.75, 3.05) is 0 Å². The third-order valence-electron chi connectivity index (χ3n) is 1.36. The van der Waals surface area contributed by atoms with Crippen LogP contribution >= 0.6 is 0 Å². The number of carbonyl (C=O) groups is 3. The first kappa shape index (κ1) is 15.5. The molecule has 2 amide bonds. The summed E-state index contributed by atoms with van der Waals surface area (Å²) >= 11 is 0. The minimum absolute atomic E-state index is 0. The first-order chi connectivity index (χ1) is 5.93. The summed E-state index contributed by atoms with van der Waals surface area (Å²) in [5, 5.41) is 10.8. The number of amides is 2. The minimum Gasteiger partial charge on any atom is -0.480 e. The van der Waals surface area contributed by atoms with Crippen molar-refractivity contribution in [1.29, 1.82) is 0 Å². The van der Waals surface area contributed by atoms with Crippen molar-refractivity contribution in [1.82, 2.24) is 5.32 Å². The van der Waals surface area contributed by atoms with E-state index in [0.29, 0.717) is 0 Å². The van der Waals surface area contributed by atoms with Crippen LogP contribution in [0.15, 0.2) is 0 Å². The molecule has 0 bridgehead atoms. The predicted molar refractivity (Wildman–Crippen MR) is 43.7 cm³/mol. The Morgan fingerprint density at radius 3 is 2.21 bits per heavy atom. The Kier molecular flexibility index (Phi) is 8.24. The van der Waals surface area contributed by atoms with Crippen molar-refractivity contribution in [2.45, 2.75) is 25.8 Å². The van der Waals surface area contributed by atoms with Gasteiger partial charge in [-0.05, 0) is 6.42 Å². The van der Waals surface area contributed by atoms with Crippen LogP contribution in [0.25, 0.3) is 0 Å². The van der Waals surface area contributed by atoms with Crippen molar-refractivity contribution in [3.8, 4) is 0 Å². The summed E-state index contributed by atoms with van der Waals surface area (Å²) in [4.78, 5) is 31.3. The Bertz CT molecular complexity index is 232. The average Bonchev–Trinajstić information content (AvgIpc) is 1.96. The van der Waals surface area contributed by atoms with Gasteiger partial charge in [0.05, 0.1) is 0 Å². The van der Waals surface area contributed by atoms with E-state index in [1.807, 2.05) is 0 Å². The molecule has 0 aromatic rings. The molecule has 76 valence electrons. The largest absolute Gasteiger partial charge is 0.480 e. The molecule has 0 spiro atoms. The number of carboxylic acids is 1. The van der Waals surface area contributed by atoms with Crippen LogP contribution in [0.3, 0.4) is 0 Å². The van der Waals surface area contributed by atoms with E-state index in [9.17, 15) is 14.4 Å². The second kappa shape index (κ2) is 7.44. The zero-order chi connectivity index (χ0) is 10.4. The van der Waals surface area contributed by atoms with Crippen LogP contribution in [-0.2, 0) is 33.9 Å². The number of nitrogens with one attached hydrogen (secondary N) is 1. The third-order valence-corrected chi connectivity index (χ3v) is 1.36. The molecule has 0 heterocycles. The van der Waals surface area contributed by atoms with Gasteiger partial charge in [-0.15, -0.1) is 0 Å². The Labute approximate surface area is 94.0 Å². The molecule has 0 aliphatic rings. The van der Waals surface area contributed by atoms with Gasteiger partial charge in [0.2, 0.25) is 11.8 Å². The molecule has 1 atom stereocenters. The Morgan fingerprint density at radius 1 is 1.43 bits per heavy atom. The second-order valence-electron chi connectivity index (χ2n) is 2.60. The van der Waals surface area contributed by atoms with Crippen LogP contribution < -0.4 is 11.1 Å². The number of carboxylic acid groups (broad SMARTS) is 1. The van der Waals surface area contributed by atoms with Gasteiger partial charge in [-0.3, -0.25) is 9.59 Å². The molecule has 0 aliphatic carbocycles. The molecule has 0 aliphatic heterocycles. The van der Waals surface area contributed by atoms with Crippen LogP contribution in [0.4, 0.5) is 0 Å². The Hall–Kier alpha value is -0.967. The maximum Gasteiger partial charge on any atom is 0.326 e. The van der Waals surface area contributed by atoms with E-state index >= 15 is 0 Å². The topological polar surface area (TPSA) is 109 Å². The Balaban J connectivity index is 0. The molecule has 0 aromatic heterocycles. The standard InChI is InChI=1S/C7H12N2O4.Zn/c1-4(10)9-5(7(12)13)2-3-6(8)11;/h5H,2-3H2,1H3,(H2,8,11)(H,9,10)(H,12,13);. The van der Waals surface area contributed by atoms with Gasteiger partial charge in [0, 0.05) is 32.8 Å². The number of carbonyl (C=O) groups excluding carboxylic acids is 2. The molecule has 0 saturated carbocycles. The molecule has 0 aromatic carbocycles. The van der Waals surface area contributed by atoms with E-state index in [2.05, 4.69) is 5.32 Å². The summed E-state index contributed by atoms with van der Waals surface area (Å²) in [5.41, 5.74) is 4.83. The van der Waals surface area contributed by atoms with Gasteiger partial charge in [0.25, 0.3) is 0 Å². The molecule has 4 N–H and O–H groups in total. The second-order valence-corrected chi connectivity index (χ2v) is 2.60. The van der Waals surface area contributed by atoms with Crippen LogP contribution in [0.5, 0.6) is 0 Å². The maximum atomic E-state index is 10.5. The summed E-state index contributed by atoms with van der Waals surface area (Å²) in [6, 6.07) is -1.04. The molecular formula is C7H12N2O4Zn. The molecule has 0 radical (unpaired) electrons. The van der Waals surface area contributed by atoms with Crippen molar-refractivity contribution < 1.29 is 39.0 Å². The van der Waals surface area contributed by atoms with Gasteiger partial charge in [0.15, 0.2) is 0 Å². The molecule has 7 heteroatoms. The molecule has 14 heavy (non-hydrogen) atoms. The number of rotatable bonds is 5. The van der Waals surface area contributed by atoms with Crippen LogP contribution in [0, 0.1) is 0 Å². The fourth-order valence-electron chi connectivity index (χ4n) is 0.789. The third kappa shape index (κ3) is 7.67. The summed E-state index contributed by atoms with van der Waals surface area (Å²) in [5.74, 6) is -2.20. The van der Waals surface area contributed by atoms with Gasteiger partial charge in [0.1, 0.15) is 6.04 Å². The van der Waals surface area contributed by atoms with Crippen molar-refractivity contribution in [3.63, 3.8) is 0 Å². The summed E-state index contributed by atoms with van der Waals surface area (Å²) in [6.45, 7) is 1.21. The summed E-state index contributed by atoms with van der Waals surface area (Å²) in [7, 11) is 0. The van der Waals surface area contributed by atoms with E-state index in [-0.39, 0.29) is 32.3 Å². The number of hydrogen-bond acceptors (Lipinski definition) is 3. The van der Waals surface area contributed by atoms with Crippen LogP contribution in [-0.4, -0.2) is 28.9 Å². The van der Waals surface area contributed by atoms with Crippen molar-refractivity contribution in [3.05, 3.63) is 0 Å². The molecular weight excluding hydrogens is 241 g/mol. The van der Waals surface area contributed by atoms with E-state index < -0.39 is 23.8 Å². The first-order valence-electron chi connectivity index (χ1n) is 3.71. The van der Waals surface area contributed by atoms with Gasteiger partial charge >= 0.3 is 5.97 Å². The van der Waals surface area contributed by atoms with Gasteiger partial charge < -0.3 is 16.2 Å². The van der Waals surface area contributed by atoms with E-state index in [1.54, 1.807) is 0 Å². The quantitative estimate of drug-likeness (QED) is 0.537. The number of primary amides is 1. The fourth-order valence-corrected chi connectivity index (χ4v) is 0.789. The SMILES string of the molecule is CC(=O)NC(CCC(N)=O)C(=O)O.[Zn]. The Morgan fingerprint density at radius 2 is 1.93 bits per heavy atom. The number of hydrogen-bond donors (Lipinski definition) is 3. The normalized spacial score (nSPS) is 10.9.